The number of ether oxygens (including phenoxy) is 1. The maximum absolute atomic E-state index is 11.8. The third-order valence-electron chi connectivity index (χ3n) is 6.40. The quantitative estimate of drug-likeness (QED) is 0.128. The van der Waals surface area contributed by atoms with Gasteiger partial charge in [-0.1, -0.05) is 91.0 Å². The molecule has 0 N–H and O–H groups in total. The first-order chi connectivity index (χ1) is 18.5. The van der Waals surface area contributed by atoms with Gasteiger partial charge in [-0.25, -0.2) is 4.79 Å². The van der Waals surface area contributed by atoms with Crippen molar-refractivity contribution >= 4 is 23.0 Å². The lowest BCUT2D eigenvalue weighted by Gasteiger charge is -2.26. The summed E-state index contributed by atoms with van der Waals surface area (Å²) in [5.41, 5.74) is 9.35. The zero-order valence-electron chi connectivity index (χ0n) is 21.6. The van der Waals surface area contributed by atoms with Crippen LogP contribution in [0.4, 0.5) is 17.1 Å². The monoisotopic (exact) mass is 495 g/mol. The Balaban J connectivity index is 1.44. The van der Waals surface area contributed by atoms with E-state index in [0.717, 1.165) is 28.2 Å². The highest BCUT2D eigenvalue weighted by Crippen LogP contribution is 2.37. The summed E-state index contributed by atoms with van der Waals surface area (Å²) in [7, 11) is 0. The molecular formula is C35H29NO2. The second-order valence-electron chi connectivity index (χ2n) is 9.32. The van der Waals surface area contributed by atoms with Crippen molar-refractivity contribution in [3.63, 3.8) is 0 Å². The van der Waals surface area contributed by atoms with Crippen LogP contribution in [-0.4, -0.2) is 5.97 Å². The van der Waals surface area contributed by atoms with Gasteiger partial charge in [0.25, 0.3) is 0 Å². The molecule has 5 aromatic rings. The number of nitrogens with zero attached hydrogens (tertiary/aromatic N) is 1. The van der Waals surface area contributed by atoms with Crippen LogP contribution in [-0.2, 0) is 4.79 Å². The number of hydrogen-bond acceptors (Lipinski definition) is 3. The lowest BCUT2D eigenvalue weighted by molar-refractivity contribution is -0.130. The van der Waals surface area contributed by atoms with E-state index in [4.69, 9.17) is 4.74 Å². The Kier molecular flexibility index (Phi) is 7.19. The molecule has 0 aliphatic carbocycles. The van der Waals surface area contributed by atoms with Crippen molar-refractivity contribution in [3.8, 4) is 28.0 Å². The average Bonchev–Trinajstić information content (AvgIpc) is 2.96. The summed E-state index contributed by atoms with van der Waals surface area (Å²) in [5.74, 6) is 0.0815. The molecule has 0 saturated carbocycles. The SMILES string of the molecule is C=C(C)C(=O)Oc1ccc(-c2ccc(N(c3ccc(C)cc3)c3ccc(-c4ccccc4)cc3)cc2)cc1. The molecule has 0 spiro atoms. The molecule has 186 valence electrons. The van der Waals surface area contributed by atoms with Gasteiger partial charge in [0.05, 0.1) is 0 Å². The predicted molar refractivity (Wildman–Crippen MR) is 157 cm³/mol. The molecule has 3 nitrogen and oxygen atoms in total. The van der Waals surface area contributed by atoms with Gasteiger partial charge in [0.2, 0.25) is 0 Å². The maximum Gasteiger partial charge on any atom is 0.338 e. The minimum absolute atomic E-state index is 0.373. The third kappa shape index (κ3) is 5.58. The molecular weight excluding hydrogens is 466 g/mol. The molecule has 0 bridgehead atoms. The number of carbonyl (C=O) groups excluding carboxylic acids is 1. The molecule has 0 aliphatic heterocycles. The topological polar surface area (TPSA) is 29.5 Å². The first-order valence-electron chi connectivity index (χ1n) is 12.6. The second-order valence-corrected chi connectivity index (χ2v) is 9.32. The minimum Gasteiger partial charge on any atom is -0.423 e. The van der Waals surface area contributed by atoms with Crippen LogP contribution >= 0.6 is 0 Å². The van der Waals surface area contributed by atoms with Crippen LogP contribution in [0.3, 0.4) is 0 Å². The number of rotatable bonds is 7. The summed E-state index contributed by atoms with van der Waals surface area (Å²) in [6, 6.07) is 43.7. The Labute approximate surface area is 224 Å². The number of hydrogen-bond donors (Lipinski definition) is 0. The van der Waals surface area contributed by atoms with Crippen molar-refractivity contribution in [1.82, 2.24) is 0 Å². The Morgan fingerprint density at radius 3 is 1.42 bits per heavy atom. The number of anilines is 3. The highest BCUT2D eigenvalue weighted by atomic mass is 16.5. The first kappa shape index (κ1) is 24.8. The van der Waals surface area contributed by atoms with Crippen molar-refractivity contribution in [2.75, 3.05) is 4.90 Å². The van der Waals surface area contributed by atoms with Crippen LogP contribution in [0.1, 0.15) is 12.5 Å². The molecule has 38 heavy (non-hydrogen) atoms. The number of carbonyl (C=O) groups is 1. The second kappa shape index (κ2) is 11.0. The summed E-state index contributed by atoms with van der Waals surface area (Å²) in [6.45, 7) is 7.36. The molecule has 0 amide bonds. The normalized spacial score (nSPS) is 10.6. The van der Waals surface area contributed by atoms with E-state index in [0.29, 0.717) is 11.3 Å². The van der Waals surface area contributed by atoms with Gasteiger partial charge in [0.15, 0.2) is 0 Å². The Hall–Kier alpha value is -4.89. The summed E-state index contributed by atoms with van der Waals surface area (Å²) < 4.78 is 5.32. The summed E-state index contributed by atoms with van der Waals surface area (Å²) in [5, 5.41) is 0. The number of aryl methyl sites for hydroxylation is 1. The predicted octanol–water partition coefficient (Wildman–Crippen LogP) is 9.28. The number of esters is 1. The van der Waals surface area contributed by atoms with Gasteiger partial charge < -0.3 is 9.64 Å². The van der Waals surface area contributed by atoms with E-state index < -0.39 is 5.97 Å². The number of benzene rings is 5. The maximum atomic E-state index is 11.8. The van der Waals surface area contributed by atoms with Gasteiger partial charge in [0, 0.05) is 22.6 Å². The highest BCUT2D eigenvalue weighted by Gasteiger charge is 2.13. The Morgan fingerprint density at radius 2 is 0.974 bits per heavy atom. The fourth-order valence-electron chi connectivity index (χ4n) is 4.29. The summed E-state index contributed by atoms with van der Waals surface area (Å²) in [6.07, 6.45) is 0. The van der Waals surface area contributed by atoms with E-state index in [1.807, 2.05) is 18.2 Å². The largest absolute Gasteiger partial charge is 0.423 e. The van der Waals surface area contributed by atoms with Gasteiger partial charge in [0.1, 0.15) is 5.75 Å². The molecule has 5 aromatic carbocycles. The molecule has 0 unspecified atom stereocenters. The lowest BCUT2D eigenvalue weighted by Crippen LogP contribution is -2.09. The van der Waals surface area contributed by atoms with Crippen molar-refractivity contribution in [2.24, 2.45) is 0 Å². The van der Waals surface area contributed by atoms with Crippen LogP contribution in [0.15, 0.2) is 140 Å². The van der Waals surface area contributed by atoms with E-state index in [1.165, 1.54) is 16.7 Å². The zero-order chi connectivity index (χ0) is 26.5. The van der Waals surface area contributed by atoms with E-state index in [9.17, 15) is 4.79 Å². The fraction of sp³-hybridized carbons (Fsp3) is 0.0571. The van der Waals surface area contributed by atoms with Gasteiger partial charge in [-0.05, 0) is 84.6 Å². The molecule has 0 fully saturated rings. The van der Waals surface area contributed by atoms with E-state index in [2.05, 4.69) is 115 Å². The van der Waals surface area contributed by atoms with Crippen LogP contribution in [0.2, 0.25) is 0 Å². The smallest absolute Gasteiger partial charge is 0.338 e. The highest BCUT2D eigenvalue weighted by molar-refractivity contribution is 5.89. The van der Waals surface area contributed by atoms with Crippen molar-refractivity contribution < 1.29 is 9.53 Å². The van der Waals surface area contributed by atoms with E-state index in [-0.39, 0.29) is 0 Å². The van der Waals surface area contributed by atoms with Gasteiger partial charge >= 0.3 is 5.97 Å². The standard InChI is InChI=1S/C35H29NO2/c1-25(2)35(37)38-34-23-15-30(16-24-34)29-13-21-33(22-14-29)36(31-17-9-26(3)10-18-31)32-19-11-28(12-20-32)27-7-5-4-6-8-27/h4-24H,1H2,2-3H3. The molecule has 0 aliphatic rings. The van der Waals surface area contributed by atoms with Gasteiger partial charge in [-0.3, -0.25) is 0 Å². The van der Waals surface area contributed by atoms with Crippen LogP contribution in [0.25, 0.3) is 22.3 Å². The fourth-order valence-corrected chi connectivity index (χ4v) is 4.29. The Morgan fingerprint density at radius 1 is 0.579 bits per heavy atom. The van der Waals surface area contributed by atoms with Crippen molar-refractivity contribution in [1.29, 1.82) is 0 Å². The molecule has 5 rings (SSSR count). The van der Waals surface area contributed by atoms with Crippen LogP contribution < -0.4 is 9.64 Å². The van der Waals surface area contributed by atoms with Crippen LogP contribution in [0.5, 0.6) is 5.75 Å². The first-order valence-corrected chi connectivity index (χ1v) is 12.6. The molecule has 0 aromatic heterocycles. The summed E-state index contributed by atoms with van der Waals surface area (Å²) in [4.78, 5) is 14.0. The van der Waals surface area contributed by atoms with E-state index >= 15 is 0 Å². The Bertz CT molecular complexity index is 1530. The molecule has 0 atom stereocenters. The molecule has 0 radical (unpaired) electrons. The third-order valence-corrected chi connectivity index (χ3v) is 6.40. The van der Waals surface area contributed by atoms with Gasteiger partial charge in [-0.2, -0.15) is 0 Å². The molecule has 0 heterocycles. The summed E-state index contributed by atoms with van der Waals surface area (Å²) >= 11 is 0. The van der Waals surface area contributed by atoms with Crippen molar-refractivity contribution in [3.05, 3.63) is 145 Å². The van der Waals surface area contributed by atoms with Gasteiger partial charge in [-0.15, -0.1) is 0 Å². The molecule has 3 heteroatoms. The van der Waals surface area contributed by atoms with Crippen molar-refractivity contribution in [2.45, 2.75) is 13.8 Å². The zero-order valence-corrected chi connectivity index (χ0v) is 21.6. The van der Waals surface area contributed by atoms with Crippen LogP contribution in [0, 0.1) is 6.92 Å². The van der Waals surface area contributed by atoms with E-state index in [1.54, 1.807) is 19.1 Å². The lowest BCUT2D eigenvalue weighted by atomic mass is 10.0. The average molecular weight is 496 g/mol. The molecule has 0 saturated heterocycles. The minimum atomic E-state index is -0.421.